The summed E-state index contributed by atoms with van der Waals surface area (Å²) in [5.74, 6) is 0.814. The molecule has 0 bridgehead atoms. The molecule has 0 radical (unpaired) electrons. The summed E-state index contributed by atoms with van der Waals surface area (Å²) < 4.78 is 7.48. The Bertz CT molecular complexity index is 931. The van der Waals surface area contributed by atoms with Crippen molar-refractivity contribution in [2.45, 2.75) is 62.6 Å². The quantitative estimate of drug-likeness (QED) is 0.554. The second-order valence-corrected chi connectivity index (χ2v) is 9.54. The van der Waals surface area contributed by atoms with Crippen LogP contribution >= 0.6 is 11.8 Å². The molecular weight excluding hydrogens is 386 g/mol. The standard InChI is InChI=1S/C22H29N3O3S/c1-15-9-11-24(12-10-15)20(26)16(2)29-22-23-19-8-4-3-7-18(19)21(27)25(22)14-17-6-5-13-28-17/h3-4,7-8,15-17H,5-6,9-14H2,1-2H3/t16-,17-/m1/s1. The van der Waals surface area contributed by atoms with Crippen molar-refractivity contribution >= 4 is 28.6 Å². The van der Waals surface area contributed by atoms with Crippen LogP contribution in [0.1, 0.15) is 39.5 Å². The molecule has 29 heavy (non-hydrogen) atoms. The van der Waals surface area contributed by atoms with Gasteiger partial charge in [-0.05, 0) is 50.7 Å². The van der Waals surface area contributed by atoms with Gasteiger partial charge in [-0.1, -0.05) is 30.8 Å². The maximum Gasteiger partial charge on any atom is 0.262 e. The Morgan fingerprint density at radius 3 is 2.76 bits per heavy atom. The summed E-state index contributed by atoms with van der Waals surface area (Å²) in [7, 11) is 0. The van der Waals surface area contributed by atoms with Gasteiger partial charge in [-0.25, -0.2) is 4.98 Å². The minimum Gasteiger partial charge on any atom is -0.376 e. The molecule has 2 aliphatic heterocycles. The molecule has 2 atom stereocenters. The number of nitrogens with zero attached hydrogens (tertiary/aromatic N) is 3. The van der Waals surface area contributed by atoms with Gasteiger partial charge in [0.05, 0.1) is 28.8 Å². The van der Waals surface area contributed by atoms with Gasteiger partial charge in [-0.3, -0.25) is 14.2 Å². The number of para-hydroxylation sites is 1. The summed E-state index contributed by atoms with van der Waals surface area (Å²) >= 11 is 1.39. The zero-order valence-electron chi connectivity index (χ0n) is 17.2. The molecule has 4 rings (SSSR count). The lowest BCUT2D eigenvalue weighted by molar-refractivity contribution is -0.131. The molecule has 1 amide bonds. The highest BCUT2D eigenvalue weighted by Crippen LogP contribution is 2.27. The van der Waals surface area contributed by atoms with E-state index in [1.54, 1.807) is 4.57 Å². The molecule has 3 heterocycles. The van der Waals surface area contributed by atoms with Gasteiger partial charge < -0.3 is 9.64 Å². The van der Waals surface area contributed by atoms with E-state index in [4.69, 9.17) is 9.72 Å². The molecule has 0 spiro atoms. The molecule has 0 N–H and O–H groups in total. The average Bonchev–Trinajstić information content (AvgIpc) is 3.24. The fourth-order valence-corrected chi connectivity index (χ4v) is 5.09. The van der Waals surface area contributed by atoms with Crippen LogP contribution in [0.5, 0.6) is 0 Å². The summed E-state index contributed by atoms with van der Waals surface area (Å²) in [6, 6.07) is 7.42. The van der Waals surface area contributed by atoms with E-state index in [1.165, 1.54) is 11.8 Å². The zero-order chi connectivity index (χ0) is 20.4. The highest BCUT2D eigenvalue weighted by Gasteiger charge is 2.27. The third-order valence-corrected chi connectivity index (χ3v) is 7.04. The summed E-state index contributed by atoms with van der Waals surface area (Å²) in [5, 5.41) is 0.932. The number of fused-ring (bicyclic) bond motifs is 1. The predicted octanol–water partition coefficient (Wildman–Crippen LogP) is 3.31. The van der Waals surface area contributed by atoms with Crippen LogP contribution in [0.25, 0.3) is 10.9 Å². The minimum atomic E-state index is -0.285. The van der Waals surface area contributed by atoms with Gasteiger partial charge in [0.2, 0.25) is 5.91 Å². The molecular formula is C22H29N3O3S. The molecule has 1 aromatic heterocycles. The van der Waals surface area contributed by atoms with Crippen molar-refractivity contribution in [1.29, 1.82) is 0 Å². The van der Waals surface area contributed by atoms with Gasteiger partial charge >= 0.3 is 0 Å². The Hall–Kier alpha value is -1.86. The van der Waals surface area contributed by atoms with Gasteiger partial charge in [-0.15, -0.1) is 0 Å². The second kappa shape index (κ2) is 8.88. The average molecular weight is 416 g/mol. The van der Waals surface area contributed by atoms with Gasteiger partial charge in [0.25, 0.3) is 5.56 Å². The van der Waals surface area contributed by atoms with E-state index >= 15 is 0 Å². The number of thioether (sulfide) groups is 1. The normalized spacial score (nSPS) is 21.6. The van der Waals surface area contributed by atoms with E-state index in [-0.39, 0.29) is 22.8 Å². The SMILES string of the molecule is CC1CCN(C(=O)[C@@H](C)Sc2nc3ccccc3c(=O)n2C[C@H]2CCCO2)CC1. The Labute approximate surface area is 175 Å². The number of aromatic nitrogens is 2. The molecule has 2 aromatic rings. The lowest BCUT2D eigenvalue weighted by Crippen LogP contribution is -2.42. The molecule has 7 heteroatoms. The van der Waals surface area contributed by atoms with Crippen molar-refractivity contribution in [2.75, 3.05) is 19.7 Å². The Balaban J connectivity index is 1.60. The van der Waals surface area contributed by atoms with Crippen molar-refractivity contribution in [3.8, 4) is 0 Å². The lowest BCUT2D eigenvalue weighted by Gasteiger charge is -2.32. The number of carbonyl (C=O) groups is 1. The van der Waals surface area contributed by atoms with Crippen LogP contribution in [-0.4, -0.2) is 51.4 Å². The van der Waals surface area contributed by atoms with Crippen molar-refractivity contribution in [3.05, 3.63) is 34.6 Å². The van der Waals surface area contributed by atoms with Gasteiger partial charge in [-0.2, -0.15) is 0 Å². The lowest BCUT2D eigenvalue weighted by atomic mass is 9.99. The number of likely N-dealkylation sites (tertiary alicyclic amines) is 1. The first kappa shape index (κ1) is 20.4. The molecule has 156 valence electrons. The smallest absolute Gasteiger partial charge is 0.262 e. The number of hydrogen-bond acceptors (Lipinski definition) is 5. The van der Waals surface area contributed by atoms with Gasteiger partial charge in [0.1, 0.15) is 0 Å². The maximum atomic E-state index is 13.2. The first-order valence-corrected chi connectivity index (χ1v) is 11.5. The van der Waals surface area contributed by atoms with Gasteiger partial charge in [0, 0.05) is 19.7 Å². The zero-order valence-corrected chi connectivity index (χ0v) is 18.0. The summed E-state index contributed by atoms with van der Waals surface area (Å²) in [6.07, 6.45) is 4.11. The summed E-state index contributed by atoms with van der Waals surface area (Å²) in [5.41, 5.74) is 0.620. The number of benzene rings is 1. The van der Waals surface area contributed by atoms with Crippen molar-refractivity contribution < 1.29 is 9.53 Å². The first-order chi connectivity index (χ1) is 14.0. The van der Waals surface area contributed by atoms with Crippen molar-refractivity contribution in [3.63, 3.8) is 0 Å². The minimum absolute atomic E-state index is 0.0320. The highest BCUT2D eigenvalue weighted by molar-refractivity contribution is 8.00. The fourth-order valence-electron chi connectivity index (χ4n) is 4.09. The van der Waals surface area contributed by atoms with Gasteiger partial charge in [0.15, 0.2) is 5.16 Å². The maximum absolute atomic E-state index is 13.2. The summed E-state index contributed by atoms with van der Waals surface area (Å²) in [4.78, 5) is 32.9. The van der Waals surface area contributed by atoms with E-state index in [2.05, 4.69) is 6.92 Å². The van der Waals surface area contributed by atoms with Crippen LogP contribution in [-0.2, 0) is 16.1 Å². The number of amides is 1. The summed E-state index contributed by atoms with van der Waals surface area (Å²) in [6.45, 7) is 7.02. The number of ether oxygens (including phenoxy) is 1. The Kier molecular flexibility index (Phi) is 6.25. The van der Waals surface area contributed by atoms with Crippen LogP contribution in [0.2, 0.25) is 0 Å². The van der Waals surface area contributed by atoms with E-state index < -0.39 is 0 Å². The Morgan fingerprint density at radius 1 is 1.28 bits per heavy atom. The molecule has 0 unspecified atom stereocenters. The number of hydrogen-bond donors (Lipinski definition) is 0. The van der Waals surface area contributed by atoms with Crippen LogP contribution in [0, 0.1) is 5.92 Å². The molecule has 1 aromatic carbocycles. The number of rotatable bonds is 5. The van der Waals surface area contributed by atoms with Crippen LogP contribution in [0.3, 0.4) is 0 Å². The van der Waals surface area contributed by atoms with Crippen molar-refractivity contribution in [1.82, 2.24) is 14.5 Å². The Morgan fingerprint density at radius 2 is 2.03 bits per heavy atom. The number of piperidine rings is 1. The number of carbonyl (C=O) groups excluding carboxylic acids is 1. The largest absolute Gasteiger partial charge is 0.376 e. The molecule has 6 nitrogen and oxygen atoms in total. The highest BCUT2D eigenvalue weighted by atomic mass is 32.2. The van der Waals surface area contributed by atoms with Crippen LogP contribution in [0.4, 0.5) is 0 Å². The molecule has 0 saturated carbocycles. The third kappa shape index (κ3) is 4.51. The monoisotopic (exact) mass is 415 g/mol. The third-order valence-electron chi connectivity index (χ3n) is 5.96. The molecule has 2 aliphatic rings. The van der Waals surface area contributed by atoms with Crippen LogP contribution in [0.15, 0.2) is 34.2 Å². The predicted molar refractivity (Wildman–Crippen MR) is 115 cm³/mol. The van der Waals surface area contributed by atoms with E-state index in [1.807, 2.05) is 36.1 Å². The van der Waals surface area contributed by atoms with E-state index in [9.17, 15) is 9.59 Å². The molecule has 2 saturated heterocycles. The second-order valence-electron chi connectivity index (χ2n) is 8.23. The fraction of sp³-hybridized carbons (Fsp3) is 0.591. The van der Waals surface area contributed by atoms with E-state index in [0.717, 1.165) is 45.4 Å². The first-order valence-electron chi connectivity index (χ1n) is 10.6. The van der Waals surface area contributed by atoms with Crippen molar-refractivity contribution in [2.24, 2.45) is 5.92 Å². The van der Waals surface area contributed by atoms with Crippen LogP contribution < -0.4 is 5.56 Å². The topological polar surface area (TPSA) is 64.4 Å². The molecule has 0 aliphatic carbocycles. The molecule has 2 fully saturated rings. The van der Waals surface area contributed by atoms with E-state index in [0.29, 0.717) is 28.5 Å².